The second-order valence-electron chi connectivity index (χ2n) is 5.34. The van der Waals surface area contributed by atoms with Crippen LogP contribution in [0.3, 0.4) is 0 Å². The van der Waals surface area contributed by atoms with Crippen molar-refractivity contribution in [3.05, 3.63) is 0 Å². The molecule has 0 spiro atoms. The van der Waals surface area contributed by atoms with Gasteiger partial charge >= 0.3 is 0 Å². The van der Waals surface area contributed by atoms with E-state index < -0.39 is 0 Å². The molecule has 0 amide bonds. The molecule has 6 heteroatoms. The van der Waals surface area contributed by atoms with E-state index >= 15 is 0 Å². The van der Waals surface area contributed by atoms with Crippen LogP contribution < -0.4 is 10.6 Å². The van der Waals surface area contributed by atoms with Crippen LogP contribution in [0.2, 0.25) is 0 Å². The minimum atomic E-state index is 0. The van der Waals surface area contributed by atoms with Gasteiger partial charge in [0, 0.05) is 33.9 Å². The first-order valence-corrected chi connectivity index (χ1v) is 7.79. The molecule has 5 nitrogen and oxygen atoms in total. The topological polar surface area (TPSA) is 48.9 Å². The van der Waals surface area contributed by atoms with E-state index in [1.54, 1.807) is 7.11 Å². The number of guanidine groups is 1. The van der Waals surface area contributed by atoms with Gasteiger partial charge in [-0.1, -0.05) is 19.3 Å². The lowest BCUT2D eigenvalue weighted by Gasteiger charge is -2.11. The summed E-state index contributed by atoms with van der Waals surface area (Å²) < 4.78 is 5.01. The highest BCUT2D eigenvalue weighted by Crippen LogP contribution is 2.02. The van der Waals surface area contributed by atoms with Crippen LogP contribution in [-0.2, 0) is 4.74 Å². The quantitative estimate of drug-likeness (QED) is 0.223. The summed E-state index contributed by atoms with van der Waals surface area (Å²) >= 11 is 0. The predicted molar refractivity (Wildman–Crippen MR) is 103 cm³/mol. The predicted octanol–water partition coefficient (Wildman–Crippen LogP) is 2.32. The number of unbranched alkanes of at least 4 members (excludes halogenated alkanes) is 4. The third-order valence-corrected chi connectivity index (χ3v) is 3.12. The van der Waals surface area contributed by atoms with E-state index in [9.17, 15) is 0 Å². The summed E-state index contributed by atoms with van der Waals surface area (Å²) in [7, 11) is 7.81. The number of nitrogens with one attached hydrogen (secondary N) is 2. The molecule has 21 heavy (non-hydrogen) atoms. The monoisotopic (exact) mass is 414 g/mol. The zero-order chi connectivity index (χ0) is 15.1. The Labute approximate surface area is 148 Å². The lowest BCUT2D eigenvalue weighted by atomic mass is 10.1. The van der Waals surface area contributed by atoms with Gasteiger partial charge in [-0.2, -0.15) is 0 Å². The van der Waals surface area contributed by atoms with Crippen LogP contribution in [0.1, 0.15) is 38.5 Å². The van der Waals surface area contributed by atoms with Crippen LogP contribution in [-0.4, -0.2) is 65.4 Å². The molecule has 0 unspecified atom stereocenters. The smallest absolute Gasteiger partial charge is 0.190 e. The third kappa shape index (κ3) is 17.9. The van der Waals surface area contributed by atoms with Crippen LogP contribution in [0, 0.1) is 0 Å². The average Bonchev–Trinajstić information content (AvgIpc) is 2.43. The van der Waals surface area contributed by atoms with E-state index in [2.05, 4.69) is 34.6 Å². The fraction of sp³-hybridized carbons (Fsp3) is 0.933. The highest BCUT2D eigenvalue weighted by molar-refractivity contribution is 14.0. The van der Waals surface area contributed by atoms with Crippen molar-refractivity contribution in [3.8, 4) is 0 Å². The summed E-state index contributed by atoms with van der Waals surface area (Å²) in [5.74, 6) is 0.897. The molecule has 128 valence electrons. The minimum absolute atomic E-state index is 0. The molecule has 0 aliphatic carbocycles. The fourth-order valence-electron chi connectivity index (χ4n) is 1.93. The lowest BCUT2D eigenvalue weighted by Crippen LogP contribution is -2.38. The third-order valence-electron chi connectivity index (χ3n) is 3.12. The maximum atomic E-state index is 5.01. The minimum Gasteiger partial charge on any atom is -0.385 e. The van der Waals surface area contributed by atoms with Crippen molar-refractivity contribution >= 4 is 29.9 Å². The van der Waals surface area contributed by atoms with Gasteiger partial charge in [0.1, 0.15) is 0 Å². The van der Waals surface area contributed by atoms with Gasteiger partial charge in [-0.15, -0.1) is 24.0 Å². The Morgan fingerprint density at radius 2 is 1.52 bits per heavy atom. The Bertz CT molecular complexity index is 238. The maximum Gasteiger partial charge on any atom is 0.190 e. The van der Waals surface area contributed by atoms with Crippen molar-refractivity contribution in [2.24, 2.45) is 4.99 Å². The summed E-state index contributed by atoms with van der Waals surface area (Å²) in [6.45, 7) is 3.89. The van der Waals surface area contributed by atoms with E-state index in [0.717, 1.165) is 32.1 Å². The number of hydrogen-bond acceptors (Lipinski definition) is 3. The zero-order valence-corrected chi connectivity index (χ0v) is 16.6. The van der Waals surface area contributed by atoms with E-state index in [1.165, 1.54) is 38.6 Å². The molecule has 2 N–H and O–H groups in total. The molecule has 0 saturated carbocycles. The number of hydrogen-bond donors (Lipinski definition) is 2. The number of methoxy groups -OCH3 is 1. The van der Waals surface area contributed by atoms with Crippen molar-refractivity contribution in [1.29, 1.82) is 0 Å². The van der Waals surface area contributed by atoms with Gasteiger partial charge in [0.25, 0.3) is 0 Å². The van der Waals surface area contributed by atoms with Crippen LogP contribution in [0.15, 0.2) is 4.99 Å². The van der Waals surface area contributed by atoms with Crippen LogP contribution >= 0.6 is 24.0 Å². The van der Waals surface area contributed by atoms with E-state index in [-0.39, 0.29) is 24.0 Å². The molecule has 0 aromatic carbocycles. The van der Waals surface area contributed by atoms with Gasteiger partial charge in [-0.05, 0) is 39.9 Å². The van der Waals surface area contributed by atoms with Crippen LogP contribution in [0.4, 0.5) is 0 Å². The Balaban J connectivity index is 0. The SMILES string of the molecule is CN=C(NCCCCCCCN(C)C)NCCCOC.I. The Morgan fingerprint density at radius 3 is 2.10 bits per heavy atom. The second kappa shape index (κ2) is 18.0. The number of halogens is 1. The molecule has 0 saturated heterocycles. The fourth-order valence-corrected chi connectivity index (χ4v) is 1.93. The molecular formula is C15H35IN4O. The Hall–Kier alpha value is -0.0800. The van der Waals surface area contributed by atoms with Gasteiger partial charge in [0.05, 0.1) is 0 Å². The first-order valence-electron chi connectivity index (χ1n) is 7.79. The molecule has 0 aliphatic heterocycles. The molecule has 0 aliphatic rings. The first kappa shape index (κ1) is 23.2. The van der Waals surface area contributed by atoms with Gasteiger partial charge in [0.2, 0.25) is 0 Å². The molecule has 0 aromatic rings. The number of ether oxygens (including phenoxy) is 1. The second-order valence-corrected chi connectivity index (χ2v) is 5.34. The highest BCUT2D eigenvalue weighted by atomic mass is 127. The van der Waals surface area contributed by atoms with Crippen LogP contribution in [0.25, 0.3) is 0 Å². The largest absolute Gasteiger partial charge is 0.385 e. The summed E-state index contributed by atoms with van der Waals surface area (Å²) in [6, 6.07) is 0. The zero-order valence-electron chi connectivity index (χ0n) is 14.3. The van der Waals surface area contributed by atoms with Crippen LogP contribution in [0.5, 0.6) is 0 Å². The molecule has 0 rings (SSSR count). The number of rotatable bonds is 12. The summed E-state index contributed by atoms with van der Waals surface area (Å²) in [5.41, 5.74) is 0. The van der Waals surface area contributed by atoms with Gasteiger partial charge in [0.15, 0.2) is 5.96 Å². The van der Waals surface area contributed by atoms with Crippen molar-refractivity contribution in [3.63, 3.8) is 0 Å². The summed E-state index contributed by atoms with van der Waals surface area (Å²) in [6.07, 6.45) is 7.48. The van der Waals surface area contributed by atoms with E-state index in [4.69, 9.17) is 4.74 Å². The Morgan fingerprint density at radius 1 is 0.952 bits per heavy atom. The molecule has 0 heterocycles. The Kier molecular flexibility index (Phi) is 19.8. The summed E-state index contributed by atoms with van der Waals surface area (Å²) in [5, 5.41) is 6.63. The normalized spacial score (nSPS) is 11.4. The number of nitrogens with zero attached hydrogens (tertiary/aromatic N) is 2. The molecular weight excluding hydrogens is 379 g/mol. The lowest BCUT2D eigenvalue weighted by molar-refractivity contribution is 0.195. The van der Waals surface area contributed by atoms with Gasteiger partial charge < -0.3 is 20.3 Å². The van der Waals surface area contributed by atoms with Gasteiger partial charge in [-0.25, -0.2) is 0 Å². The average molecular weight is 414 g/mol. The van der Waals surface area contributed by atoms with Crippen molar-refractivity contribution in [2.45, 2.75) is 38.5 Å². The van der Waals surface area contributed by atoms with Crippen molar-refractivity contribution < 1.29 is 4.74 Å². The van der Waals surface area contributed by atoms with E-state index in [1.807, 2.05) is 7.05 Å². The highest BCUT2D eigenvalue weighted by Gasteiger charge is 1.97. The molecule has 0 bridgehead atoms. The van der Waals surface area contributed by atoms with Gasteiger partial charge in [-0.3, -0.25) is 4.99 Å². The van der Waals surface area contributed by atoms with Crippen molar-refractivity contribution in [1.82, 2.24) is 15.5 Å². The molecule has 0 aromatic heterocycles. The van der Waals surface area contributed by atoms with E-state index in [0.29, 0.717) is 0 Å². The molecule has 0 fully saturated rings. The number of aliphatic imine (C=N–C) groups is 1. The molecule has 0 atom stereocenters. The molecule has 0 radical (unpaired) electrons. The van der Waals surface area contributed by atoms with Crippen molar-refractivity contribution in [2.75, 3.05) is 54.5 Å². The summed E-state index contributed by atoms with van der Waals surface area (Å²) in [4.78, 5) is 6.45. The maximum absolute atomic E-state index is 5.01. The standard InChI is InChI=1S/C15H34N4O.HI/c1-16-15(18-12-10-14-20-4)17-11-8-6-5-7-9-13-19(2)3;/h5-14H2,1-4H3,(H2,16,17,18);1H. The first-order chi connectivity index (χ1) is 9.70.